The third-order valence-electron chi connectivity index (χ3n) is 8.54. The van der Waals surface area contributed by atoms with Gasteiger partial charge in [0.15, 0.2) is 0 Å². The van der Waals surface area contributed by atoms with Crippen LogP contribution in [0.25, 0.3) is 0 Å². The Labute approximate surface area is 237 Å². The maximum absolute atomic E-state index is 13.2. The summed E-state index contributed by atoms with van der Waals surface area (Å²) in [6.07, 6.45) is 5.23. The number of aromatic nitrogens is 1. The van der Waals surface area contributed by atoms with Gasteiger partial charge in [-0.05, 0) is 88.6 Å². The second-order valence-corrected chi connectivity index (χ2v) is 12.6. The van der Waals surface area contributed by atoms with Crippen LogP contribution >= 0.6 is 0 Å². The molecule has 3 heterocycles. The monoisotopic (exact) mass is 549 g/mol. The molecule has 1 aromatic carbocycles. The molecule has 1 aliphatic carbocycles. The lowest BCUT2D eigenvalue weighted by Gasteiger charge is -2.55. The second kappa shape index (κ2) is 11.3. The zero-order valence-corrected chi connectivity index (χ0v) is 24.3. The van der Waals surface area contributed by atoms with Crippen molar-refractivity contribution in [2.75, 3.05) is 31.5 Å². The van der Waals surface area contributed by atoms with Crippen LogP contribution in [0.15, 0.2) is 36.4 Å². The molecule has 0 atom stereocenters. The number of rotatable bonds is 6. The summed E-state index contributed by atoms with van der Waals surface area (Å²) in [6, 6.07) is 11.7. The Morgan fingerprint density at radius 1 is 0.975 bits per heavy atom. The SMILES string of the molecule is CC(=O)Nc1ccc(CNC(=O)c2ccc3n2CCN(CC2CCN(C(=O)OC(C)(C)C)CC2)C32CCC2)cc1. The van der Waals surface area contributed by atoms with E-state index in [-0.39, 0.29) is 23.4 Å². The van der Waals surface area contributed by atoms with Gasteiger partial charge in [-0.2, -0.15) is 0 Å². The van der Waals surface area contributed by atoms with E-state index < -0.39 is 5.60 Å². The summed E-state index contributed by atoms with van der Waals surface area (Å²) in [4.78, 5) is 41.4. The van der Waals surface area contributed by atoms with Crippen LogP contribution in [0.4, 0.5) is 10.5 Å². The van der Waals surface area contributed by atoms with Crippen molar-refractivity contribution in [2.24, 2.45) is 5.92 Å². The number of anilines is 1. The van der Waals surface area contributed by atoms with Crippen LogP contribution in [-0.4, -0.2) is 64.1 Å². The quantitative estimate of drug-likeness (QED) is 0.544. The molecule has 5 rings (SSSR count). The predicted octanol–water partition coefficient (Wildman–Crippen LogP) is 4.72. The number of hydrogen-bond donors (Lipinski definition) is 2. The van der Waals surface area contributed by atoms with Crippen molar-refractivity contribution >= 4 is 23.6 Å². The van der Waals surface area contributed by atoms with E-state index in [2.05, 4.69) is 26.2 Å². The van der Waals surface area contributed by atoms with Crippen LogP contribution in [-0.2, 0) is 28.2 Å². The summed E-state index contributed by atoms with van der Waals surface area (Å²) in [5, 5.41) is 5.84. The minimum Gasteiger partial charge on any atom is -0.444 e. The summed E-state index contributed by atoms with van der Waals surface area (Å²) < 4.78 is 7.80. The third kappa shape index (κ3) is 6.04. The predicted molar refractivity (Wildman–Crippen MR) is 154 cm³/mol. The average molecular weight is 550 g/mol. The van der Waals surface area contributed by atoms with Gasteiger partial charge in [-0.1, -0.05) is 12.1 Å². The highest BCUT2D eigenvalue weighted by Gasteiger charge is 2.49. The first-order valence-electron chi connectivity index (χ1n) is 14.6. The summed E-state index contributed by atoms with van der Waals surface area (Å²) in [6.45, 7) is 11.9. The van der Waals surface area contributed by atoms with Crippen LogP contribution in [0.1, 0.15) is 81.5 Å². The molecule has 9 heteroatoms. The highest BCUT2D eigenvalue weighted by molar-refractivity contribution is 5.93. The Hall–Kier alpha value is -3.33. The minimum atomic E-state index is -0.469. The summed E-state index contributed by atoms with van der Waals surface area (Å²) in [5.41, 5.74) is 3.25. The van der Waals surface area contributed by atoms with Gasteiger partial charge >= 0.3 is 6.09 Å². The zero-order valence-electron chi connectivity index (χ0n) is 24.3. The lowest BCUT2D eigenvalue weighted by atomic mass is 9.71. The number of amides is 3. The van der Waals surface area contributed by atoms with E-state index in [9.17, 15) is 14.4 Å². The fourth-order valence-electron chi connectivity index (χ4n) is 6.38. The highest BCUT2D eigenvalue weighted by Crippen LogP contribution is 2.49. The number of ether oxygens (including phenoxy) is 1. The number of hydrogen-bond acceptors (Lipinski definition) is 5. The van der Waals surface area contributed by atoms with Gasteiger partial charge < -0.3 is 24.8 Å². The largest absolute Gasteiger partial charge is 0.444 e. The molecule has 3 amide bonds. The first-order chi connectivity index (χ1) is 19.0. The molecule has 9 nitrogen and oxygen atoms in total. The van der Waals surface area contributed by atoms with Crippen molar-refractivity contribution in [3.05, 3.63) is 53.3 Å². The van der Waals surface area contributed by atoms with E-state index in [1.807, 2.05) is 56.0 Å². The Morgan fingerprint density at radius 2 is 1.68 bits per heavy atom. The molecule has 2 N–H and O–H groups in total. The normalized spacial score (nSPS) is 19.1. The molecule has 40 heavy (non-hydrogen) atoms. The van der Waals surface area contributed by atoms with E-state index in [0.29, 0.717) is 12.5 Å². The van der Waals surface area contributed by atoms with Gasteiger partial charge in [-0.25, -0.2) is 4.79 Å². The third-order valence-corrected chi connectivity index (χ3v) is 8.54. The van der Waals surface area contributed by atoms with Crippen LogP contribution in [0, 0.1) is 5.92 Å². The lowest BCUT2D eigenvalue weighted by molar-refractivity contribution is -0.114. The summed E-state index contributed by atoms with van der Waals surface area (Å²) >= 11 is 0. The van der Waals surface area contributed by atoms with Crippen LogP contribution in [0.5, 0.6) is 0 Å². The van der Waals surface area contributed by atoms with Gasteiger partial charge in [-0.15, -0.1) is 0 Å². The Balaban J connectivity index is 1.19. The molecule has 2 aliphatic heterocycles. The maximum Gasteiger partial charge on any atom is 0.410 e. The second-order valence-electron chi connectivity index (χ2n) is 12.6. The molecule has 216 valence electrons. The van der Waals surface area contributed by atoms with Crippen molar-refractivity contribution in [1.29, 1.82) is 0 Å². The Bertz CT molecular complexity index is 1230. The smallest absolute Gasteiger partial charge is 0.410 e. The summed E-state index contributed by atoms with van der Waals surface area (Å²) in [5.74, 6) is 0.387. The fourth-order valence-corrected chi connectivity index (χ4v) is 6.38. The van der Waals surface area contributed by atoms with E-state index in [4.69, 9.17) is 4.74 Å². The number of carbonyl (C=O) groups excluding carboxylic acids is 3. The molecule has 3 aliphatic rings. The molecule has 1 saturated carbocycles. The molecular formula is C31H43N5O4. The van der Waals surface area contributed by atoms with Crippen molar-refractivity contribution < 1.29 is 19.1 Å². The number of carbonyl (C=O) groups is 3. The lowest BCUT2D eigenvalue weighted by Crippen LogP contribution is -2.58. The van der Waals surface area contributed by atoms with E-state index >= 15 is 0 Å². The standard InChI is InChI=1S/C31H43N5O4/c1-22(37)33-25-8-6-23(7-9-25)20-32-28(38)26-10-11-27-31(14-5-15-31)35(18-19-36(26)27)21-24-12-16-34(17-13-24)29(39)40-30(2,3)4/h6-11,24H,5,12-21H2,1-4H3,(H,32,38)(H,33,37). The van der Waals surface area contributed by atoms with E-state index in [0.717, 1.165) is 75.4 Å². The maximum atomic E-state index is 13.2. The molecule has 1 aromatic heterocycles. The van der Waals surface area contributed by atoms with Gasteiger partial charge in [0, 0.05) is 57.6 Å². The number of fused-ring (bicyclic) bond motifs is 2. The molecule has 0 unspecified atom stereocenters. The average Bonchev–Trinajstić information content (AvgIpc) is 3.31. The Morgan fingerprint density at radius 3 is 2.27 bits per heavy atom. The highest BCUT2D eigenvalue weighted by atomic mass is 16.6. The molecule has 0 radical (unpaired) electrons. The summed E-state index contributed by atoms with van der Waals surface area (Å²) in [7, 11) is 0. The molecule has 1 spiro atoms. The molecule has 0 bridgehead atoms. The topological polar surface area (TPSA) is 95.9 Å². The van der Waals surface area contributed by atoms with Crippen LogP contribution in [0.2, 0.25) is 0 Å². The number of piperidine rings is 1. The number of likely N-dealkylation sites (tertiary alicyclic amines) is 1. The van der Waals surface area contributed by atoms with Gasteiger partial charge in [0.05, 0.1) is 5.54 Å². The van der Waals surface area contributed by atoms with Crippen molar-refractivity contribution in [1.82, 2.24) is 19.7 Å². The van der Waals surface area contributed by atoms with E-state index in [1.165, 1.54) is 19.0 Å². The Kier molecular flexibility index (Phi) is 7.95. The minimum absolute atomic E-state index is 0.0125. The first-order valence-corrected chi connectivity index (χ1v) is 14.6. The van der Waals surface area contributed by atoms with Crippen LogP contribution in [0.3, 0.4) is 0 Å². The van der Waals surface area contributed by atoms with E-state index in [1.54, 1.807) is 0 Å². The number of benzene rings is 1. The van der Waals surface area contributed by atoms with Crippen molar-refractivity contribution in [3.8, 4) is 0 Å². The van der Waals surface area contributed by atoms with Crippen molar-refractivity contribution in [2.45, 2.75) is 84.0 Å². The fraction of sp³-hybridized carbons (Fsp3) is 0.581. The molecule has 2 fully saturated rings. The number of nitrogens with zero attached hydrogens (tertiary/aromatic N) is 3. The molecule has 2 aromatic rings. The van der Waals surface area contributed by atoms with Gasteiger partial charge in [-0.3, -0.25) is 14.5 Å². The van der Waals surface area contributed by atoms with Crippen LogP contribution < -0.4 is 10.6 Å². The first kappa shape index (κ1) is 28.2. The molecule has 1 saturated heterocycles. The van der Waals surface area contributed by atoms with Gasteiger partial charge in [0.25, 0.3) is 5.91 Å². The zero-order chi connectivity index (χ0) is 28.5. The molecular weight excluding hydrogens is 506 g/mol. The van der Waals surface area contributed by atoms with Gasteiger partial charge in [0.1, 0.15) is 11.3 Å². The van der Waals surface area contributed by atoms with Crippen molar-refractivity contribution in [3.63, 3.8) is 0 Å². The number of nitrogens with one attached hydrogen (secondary N) is 2. The van der Waals surface area contributed by atoms with Gasteiger partial charge in [0.2, 0.25) is 5.91 Å².